The number of aryl methyl sites for hydroxylation is 1. The van der Waals surface area contributed by atoms with Gasteiger partial charge in [-0.1, -0.05) is 0 Å². The Hall–Kier alpha value is -1.17. The number of hydrogen-bond acceptors (Lipinski definition) is 3. The fourth-order valence-electron chi connectivity index (χ4n) is 1.26. The summed E-state index contributed by atoms with van der Waals surface area (Å²) >= 11 is 0. The molecule has 1 heterocycles. The fraction of sp³-hybridized carbons (Fsp3) is 0.600. The molecule has 0 saturated carbocycles. The average molecular weight is 233 g/mol. The standard InChI is InChI=1S/C10H14F3N3/c1-7(14)6-8-3-5-15-9(16-8)2-4-10(11,12)13/h3,5,7H,2,4,6,14H2,1H3. The normalized spacial score (nSPS) is 13.8. The topological polar surface area (TPSA) is 51.8 Å². The van der Waals surface area contributed by atoms with Crippen LogP contribution in [-0.2, 0) is 12.8 Å². The summed E-state index contributed by atoms with van der Waals surface area (Å²) in [4.78, 5) is 7.82. The van der Waals surface area contributed by atoms with Gasteiger partial charge in [-0.25, -0.2) is 9.97 Å². The number of hydrogen-bond donors (Lipinski definition) is 1. The van der Waals surface area contributed by atoms with Gasteiger partial charge in [-0.05, 0) is 13.0 Å². The van der Waals surface area contributed by atoms with Crippen molar-refractivity contribution >= 4 is 0 Å². The molecule has 6 heteroatoms. The van der Waals surface area contributed by atoms with Crippen molar-refractivity contribution in [1.29, 1.82) is 0 Å². The van der Waals surface area contributed by atoms with Gasteiger partial charge in [0, 0.05) is 30.8 Å². The highest BCUT2D eigenvalue weighted by molar-refractivity contribution is 5.04. The van der Waals surface area contributed by atoms with E-state index in [2.05, 4.69) is 9.97 Å². The van der Waals surface area contributed by atoms with Crippen LogP contribution < -0.4 is 5.73 Å². The first kappa shape index (κ1) is 12.9. The zero-order valence-corrected chi connectivity index (χ0v) is 8.96. The van der Waals surface area contributed by atoms with Crippen molar-refractivity contribution < 1.29 is 13.2 Å². The molecule has 1 rings (SSSR count). The van der Waals surface area contributed by atoms with Crippen LogP contribution in [-0.4, -0.2) is 22.2 Å². The number of alkyl halides is 3. The van der Waals surface area contributed by atoms with Crippen molar-refractivity contribution in [1.82, 2.24) is 9.97 Å². The summed E-state index contributed by atoms with van der Waals surface area (Å²) < 4.78 is 35.9. The fourth-order valence-corrected chi connectivity index (χ4v) is 1.26. The molecule has 0 spiro atoms. The number of aromatic nitrogens is 2. The second-order valence-electron chi connectivity index (χ2n) is 3.76. The molecule has 0 radical (unpaired) electrons. The first-order valence-corrected chi connectivity index (χ1v) is 5.00. The van der Waals surface area contributed by atoms with Crippen molar-refractivity contribution in [3.05, 3.63) is 23.8 Å². The summed E-state index contributed by atoms with van der Waals surface area (Å²) in [7, 11) is 0. The van der Waals surface area contributed by atoms with Crippen LogP contribution in [0.15, 0.2) is 12.3 Å². The van der Waals surface area contributed by atoms with Crippen LogP contribution in [0, 0.1) is 0 Å². The van der Waals surface area contributed by atoms with E-state index in [4.69, 9.17) is 5.73 Å². The van der Waals surface area contributed by atoms with Crippen molar-refractivity contribution in [2.24, 2.45) is 5.73 Å². The van der Waals surface area contributed by atoms with Crippen LogP contribution in [0.3, 0.4) is 0 Å². The van der Waals surface area contributed by atoms with Gasteiger partial charge < -0.3 is 5.73 Å². The SMILES string of the molecule is CC(N)Cc1ccnc(CCC(F)(F)F)n1. The van der Waals surface area contributed by atoms with Crippen molar-refractivity contribution in [3.63, 3.8) is 0 Å². The van der Waals surface area contributed by atoms with Gasteiger partial charge in [-0.3, -0.25) is 0 Å². The summed E-state index contributed by atoms with van der Waals surface area (Å²) in [6.45, 7) is 1.82. The van der Waals surface area contributed by atoms with Crippen molar-refractivity contribution in [3.8, 4) is 0 Å². The molecule has 0 amide bonds. The third kappa shape index (κ3) is 5.06. The van der Waals surface area contributed by atoms with Gasteiger partial charge in [0.05, 0.1) is 6.42 Å². The molecule has 1 aromatic rings. The number of halogens is 3. The zero-order chi connectivity index (χ0) is 12.2. The minimum Gasteiger partial charge on any atom is -0.328 e. The lowest BCUT2D eigenvalue weighted by molar-refractivity contribution is -0.134. The van der Waals surface area contributed by atoms with E-state index in [1.54, 1.807) is 6.07 Å². The number of nitrogens with two attached hydrogens (primary N) is 1. The van der Waals surface area contributed by atoms with Crippen molar-refractivity contribution in [2.45, 2.75) is 38.4 Å². The molecule has 0 aliphatic rings. The second-order valence-corrected chi connectivity index (χ2v) is 3.76. The Labute approximate surface area is 91.9 Å². The molecular formula is C10H14F3N3. The van der Waals surface area contributed by atoms with Gasteiger partial charge in [0.25, 0.3) is 0 Å². The largest absolute Gasteiger partial charge is 0.389 e. The van der Waals surface area contributed by atoms with Crippen LogP contribution in [0.5, 0.6) is 0 Å². The van der Waals surface area contributed by atoms with Gasteiger partial charge >= 0.3 is 6.18 Å². The molecule has 3 nitrogen and oxygen atoms in total. The summed E-state index contributed by atoms with van der Waals surface area (Å²) in [5.41, 5.74) is 6.26. The quantitative estimate of drug-likeness (QED) is 0.863. The molecule has 16 heavy (non-hydrogen) atoms. The van der Waals surface area contributed by atoms with Crippen LogP contribution in [0.2, 0.25) is 0 Å². The molecule has 0 aromatic carbocycles. The molecule has 1 unspecified atom stereocenters. The predicted molar refractivity (Wildman–Crippen MR) is 53.8 cm³/mol. The first-order valence-electron chi connectivity index (χ1n) is 5.00. The Morgan fingerprint density at radius 2 is 2.12 bits per heavy atom. The van der Waals surface area contributed by atoms with E-state index in [9.17, 15) is 13.2 Å². The van der Waals surface area contributed by atoms with Crippen LogP contribution in [0.25, 0.3) is 0 Å². The monoisotopic (exact) mass is 233 g/mol. The summed E-state index contributed by atoms with van der Waals surface area (Å²) in [5, 5.41) is 0. The maximum Gasteiger partial charge on any atom is 0.389 e. The molecule has 90 valence electrons. The Morgan fingerprint density at radius 1 is 1.44 bits per heavy atom. The smallest absolute Gasteiger partial charge is 0.328 e. The highest BCUT2D eigenvalue weighted by Gasteiger charge is 2.27. The van der Waals surface area contributed by atoms with Crippen LogP contribution in [0.1, 0.15) is 24.9 Å². The van der Waals surface area contributed by atoms with E-state index >= 15 is 0 Å². The van der Waals surface area contributed by atoms with E-state index in [0.29, 0.717) is 12.1 Å². The molecule has 0 saturated heterocycles. The van der Waals surface area contributed by atoms with Gasteiger partial charge in [0.2, 0.25) is 0 Å². The second kappa shape index (κ2) is 5.25. The molecule has 2 N–H and O–H groups in total. The molecule has 0 bridgehead atoms. The molecule has 1 atom stereocenters. The lowest BCUT2D eigenvalue weighted by atomic mass is 10.2. The molecule has 0 fully saturated rings. The van der Waals surface area contributed by atoms with Gasteiger partial charge in [0.15, 0.2) is 0 Å². The van der Waals surface area contributed by atoms with E-state index in [1.165, 1.54) is 6.20 Å². The van der Waals surface area contributed by atoms with E-state index in [0.717, 1.165) is 0 Å². The summed E-state index contributed by atoms with van der Waals surface area (Å²) in [6, 6.07) is 1.60. The Morgan fingerprint density at radius 3 is 2.69 bits per heavy atom. The summed E-state index contributed by atoms with van der Waals surface area (Å²) in [6.07, 6.45) is -3.23. The molecule has 1 aromatic heterocycles. The lowest BCUT2D eigenvalue weighted by Gasteiger charge is -2.07. The van der Waals surface area contributed by atoms with E-state index < -0.39 is 12.6 Å². The number of nitrogens with zero attached hydrogens (tertiary/aromatic N) is 2. The zero-order valence-electron chi connectivity index (χ0n) is 8.96. The summed E-state index contributed by atoms with van der Waals surface area (Å²) in [5.74, 6) is 0.218. The predicted octanol–water partition coefficient (Wildman–Crippen LogP) is 1.86. The van der Waals surface area contributed by atoms with Gasteiger partial charge in [-0.15, -0.1) is 0 Å². The highest BCUT2D eigenvalue weighted by atomic mass is 19.4. The third-order valence-electron chi connectivity index (χ3n) is 1.93. The molecule has 0 aliphatic carbocycles. The Balaban J connectivity index is 2.60. The van der Waals surface area contributed by atoms with E-state index in [-0.39, 0.29) is 18.3 Å². The molecular weight excluding hydrogens is 219 g/mol. The minimum absolute atomic E-state index is 0.0645. The lowest BCUT2D eigenvalue weighted by Crippen LogP contribution is -2.19. The third-order valence-corrected chi connectivity index (χ3v) is 1.93. The highest BCUT2D eigenvalue weighted by Crippen LogP contribution is 2.20. The number of rotatable bonds is 4. The van der Waals surface area contributed by atoms with E-state index in [1.807, 2.05) is 6.92 Å². The Kier molecular flexibility index (Phi) is 4.23. The maximum absolute atomic E-state index is 12.0. The van der Waals surface area contributed by atoms with Gasteiger partial charge in [0.1, 0.15) is 5.82 Å². The van der Waals surface area contributed by atoms with Gasteiger partial charge in [-0.2, -0.15) is 13.2 Å². The van der Waals surface area contributed by atoms with Crippen LogP contribution >= 0.6 is 0 Å². The van der Waals surface area contributed by atoms with Crippen LogP contribution in [0.4, 0.5) is 13.2 Å². The Bertz CT molecular complexity index is 336. The molecule has 0 aliphatic heterocycles. The maximum atomic E-state index is 12.0. The first-order chi connectivity index (χ1) is 7.37. The average Bonchev–Trinajstić information content (AvgIpc) is 2.13. The van der Waals surface area contributed by atoms with Crippen molar-refractivity contribution in [2.75, 3.05) is 0 Å². The minimum atomic E-state index is -4.17.